The Hall–Kier alpha value is -2.53. The van der Waals surface area contributed by atoms with Gasteiger partial charge in [-0.1, -0.05) is 24.3 Å². The van der Waals surface area contributed by atoms with Crippen LogP contribution < -0.4 is 0 Å². The van der Waals surface area contributed by atoms with Crippen LogP contribution in [0.15, 0.2) is 60.2 Å². The molecule has 116 valence electrons. The molecule has 1 aliphatic rings. The summed E-state index contributed by atoms with van der Waals surface area (Å²) < 4.78 is 2.06. The molecule has 1 aromatic heterocycles. The molecule has 2 heterocycles. The SMILES string of the molecule is C=CCN1C(=O)S/C(=C/c2cc(C)n(-c3ccccc3)c2)C1=O. The van der Waals surface area contributed by atoms with Gasteiger partial charge in [-0.3, -0.25) is 14.5 Å². The molecule has 0 atom stereocenters. The molecule has 0 aliphatic carbocycles. The number of nitrogens with zero attached hydrogens (tertiary/aromatic N) is 2. The molecule has 0 saturated carbocycles. The molecule has 1 fully saturated rings. The minimum Gasteiger partial charge on any atom is -0.321 e. The van der Waals surface area contributed by atoms with Crippen molar-refractivity contribution in [1.29, 1.82) is 0 Å². The second-order valence-electron chi connectivity index (χ2n) is 5.20. The molecule has 0 unspecified atom stereocenters. The lowest BCUT2D eigenvalue weighted by molar-refractivity contribution is -0.122. The lowest BCUT2D eigenvalue weighted by atomic mass is 10.3. The van der Waals surface area contributed by atoms with Crippen LogP contribution in [0.25, 0.3) is 11.8 Å². The van der Waals surface area contributed by atoms with E-state index in [1.54, 1.807) is 12.2 Å². The molecular weight excluding hydrogens is 308 g/mol. The highest BCUT2D eigenvalue weighted by Crippen LogP contribution is 2.32. The summed E-state index contributed by atoms with van der Waals surface area (Å²) in [5.74, 6) is -0.259. The molecule has 0 bridgehead atoms. The largest absolute Gasteiger partial charge is 0.321 e. The number of hydrogen-bond donors (Lipinski definition) is 0. The average Bonchev–Trinajstić information content (AvgIpc) is 3.03. The minimum absolute atomic E-state index is 0.242. The summed E-state index contributed by atoms with van der Waals surface area (Å²) in [6, 6.07) is 12.0. The number of benzene rings is 1. The summed E-state index contributed by atoms with van der Waals surface area (Å²) in [6.45, 7) is 5.82. The standard InChI is InChI=1S/C18H16N2O2S/c1-3-9-19-17(21)16(23-18(19)22)11-14-10-13(2)20(12-14)15-7-5-4-6-8-15/h3-8,10-12H,1,9H2,2H3/b16-11+. The van der Waals surface area contributed by atoms with Crippen molar-refractivity contribution in [1.82, 2.24) is 9.47 Å². The van der Waals surface area contributed by atoms with Crippen LogP contribution in [0, 0.1) is 6.92 Å². The van der Waals surface area contributed by atoms with Gasteiger partial charge < -0.3 is 4.57 Å². The highest BCUT2D eigenvalue weighted by Gasteiger charge is 2.34. The Morgan fingerprint density at radius 1 is 1.22 bits per heavy atom. The van der Waals surface area contributed by atoms with Crippen molar-refractivity contribution in [3.05, 3.63) is 71.4 Å². The molecule has 1 saturated heterocycles. The minimum atomic E-state index is -0.259. The fraction of sp³-hybridized carbons (Fsp3) is 0.111. The molecule has 5 heteroatoms. The van der Waals surface area contributed by atoms with Crippen LogP contribution in [-0.2, 0) is 4.79 Å². The first-order chi connectivity index (χ1) is 11.1. The van der Waals surface area contributed by atoms with E-state index in [4.69, 9.17) is 0 Å². The lowest BCUT2D eigenvalue weighted by Gasteiger charge is -2.07. The van der Waals surface area contributed by atoms with Crippen molar-refractivity contribution in [2.45, 2.75) is 6.92 Å². The van der Waals surface area contributed by atoms with Crippen molar-refractivity contribution in [2.24, 2.45) is 0 Å². The number of para-hydroxylation sites is 1. The number of aryl methyl sites for hydroxylation is 1. The molecule has 2 amide bonds. The maximum atomic E-state index is 12.2. The van der Waals surface area contributed by atoms with E-state index in [2.05, 4.69) is 11.1 Å². The zero-order valence-electron chi connectivity index (χ0n) is 12.7. The smallest absolute Gasteiger partial charge is 0.293 e. The van der Waals surface area contributed by atoms with E-state index in [1.807, 2.05) is 49.5 Å². The Morgan fingerprint density at radius 2 is 1.96 bits per heavy atom. The van der Waals surface area contributed by atoms with Gasteiger partial charge in [-0.2, -0.15) is 0 Å². The summed E-state index contributed by atoms with van der Waals surface area (Å²) in [4.78, 5) is 25.7. The van der Waals surface area contributed by atoms with Gasteiger partial charge in [-0.25, -0.2) is 0 Å². The Morgan fingerprint density at radius 3 is 2.65 bits per heavy atom. The zero-order valence-corrected chi connectivity index (χ0v) is 13.5. The molecular formula is C18H16N2O2S. The van der Waals surface area contributed by atoms with Gasteiger partial charge >= 0.3 is 0 Å². The van der Waals surface area contributed by atoms with Crippen LogP contribution in [0.3, 0.4) is 0 Å². The van der Waals surface area contributed by atoms with Gasteiger partial charge in [0.2, 0.25) is 0 Å². The molecule has 0 spiro atoms. The topological polar surface area (TPSA) is 42.3 Å². The van der Waals surface area contributed by atoms with Gasteiger partial charge in [-0.15, -0.1) is 6.58 Å². The van der Waals surface area contributed by atoms with Crippen LogP contribution in [0.5, 0.6) is 0 Å². The van der Waals surface area contributed by atoms with E-state index in [1.165, 1.54) is 4.90 Å². The van der Waals surface area contributed by atoms with E-state index in [0.29, 0.717) is 4.91 Å². The lowest BCUT2D eigenvalue weighted by Crippen LogP contribution is -2.27. The number of carbonyl (C=O) groups excluding carboxylic acids is 2. The second-order valence-corrected chi connectivity index (χ2v) is 6.19. The summed E-state index contributed by atoms with van der Waals surface area (Å²) in [5, 5.41) is -0.250. The van der Waals surface area contributed by atoms with Crippen LogP contribution in [0.2, 0.25) is 0 Å². The summed E-state index contributed by atoms with van der Waals surface area (Å²) >= 11 is 0.969. The summed E-state index contributed by atoms with van der Waals surface area (Å²) in [6.07, 6.45) is 5.28. The average molecular weight is 324 g/mol. The molecule has 23 heavy (non-hydrogen) atoms. The predicted octanol–water partition coefficient (Wildman–Crippen LogP) is 4.01. The first kappa shape index (κ1) is 15.4. The molecule has 0 N–H and O–H groups in total. The maximum Gasteiger partial charge on any atom is 0.293 e. The number of imide groups is 1. The van der Waals surface area contributed by atoms with Crippen LogP contribution >= 0.6 is 11.8 Å². The molecule has 2 aromatic rings. The van der Waals surface area contributed by atoms with Crippen molar-refractivity contribution >= 4 is 29.0 Å². The van der Waals surface area contributed by atoms with Crippen LogP contribution in [0.4, 0.5) is 4.79 Å². The third-order valence-corrected chi connectivity index (χ3v) is 4.46. The predicted molar refractivity (Wildman–Crippen MR) is 93.4 cm³/mol. The van der Waals surface area contributed by atoms with Crippen LogP contribution in [0.1, 0.15) is 11.3 Å². The molecule has 1 aromatic carbocycles. The maximum absolute atomic E-state index is 12.2. The van der Waals surface area contributed by atoms with E-state index >= 15 is 0 Å². The van der Waals surface area contributed by atoms with Gasteiger partial charge in [0.25, 0.3) is 11.1 Å². The van der Waals surface area contributed by atoms with Crippen molar-refractivity contribution in [2.75, 3.05) is 6.54 Å². The van der Waals surface area contributed by atoms with E-state index < -0.39 is 0 Å². The van der Waals surface area contributed by atoms with E-state index in [0.717, 1.165) is 28.7 Å². The zero-order chi connectivity index (χ0) is 16.4. The third-order valence-electron chi connectivity index (χ3n) is 3.55. The Labute approximate surface area is 139 Å². The van der Waals surface area contributed by atoms with E-state index in [-0.39, 0.29) is 17.7 Å². The first-order valence-electron chi connectivity index (χ1n) is 7.21. The van der Waals surface area contributed by atoms with Gasteiger partial charge in [0.15, 0.2) is 0 Å². The number of hydrogen-bond acceptors (Lipinski definition) is 3. The Balaban J connectivity index is 1.91. The fourth-order valence-corrected chi connectivity index (χ4v) is 3.33. The highest BCUT2D eigenvalue weighted by molar-refractivity contribution is 8.18. The quantitative estimate of drug-likeness (QED) is 0.630. The highest BCUT2D eigenvalue weighted by atomic mass is 32.2. The normalized spacial score (nSPS) is 16.4. The van der Waals surface area contributed by atoms with Crippen molar-refractivity contribution in [3.8, 4) is 5.69 Å². The fourth-order valence-electron chi connectivity index (χ4n) is 2.48. The molecule has 4 nitrogen and oxygen atoms in total. The van der Waals surface area contributed by atoms with Gasteiger partial charge in [0.05, 0.1) is 4.91 Å². The van der Waals surface area contributed by atoms with Gasteiger partial charge in [0, 0.05) is 24.1 Å². The first-order valence-corrected chi connectivity index (χ1v) is 8.02. The number of carbonyl (C=O) groups is 2. The molecule has 0 radical (unpaired) electrons. The summed E-state index contributed by atoms with van der Waals surface area (Å²) in [7, 11) is 0. The number of aromatic nitrogens is 1. The number of amides is 2. The Kier molecular flexibility index (Phi) is 4.21. The van der Waals surface area contributed by atoms with Crippen molar-refractivity contribution in [3.63, 3.8) is 0 Å². The van der Waals surface area contributed by atoms with Crippen molar-refractivity contribution < 1.29 is 9.59 Å². The third kappa shape index (κ3) is 3.00. The molecule has 3 rings (SSSR count). The van der Waals surface area contributed by atoms with E-state index in [9.17, 15) is 9.59 Å². The number of thioether (sulfide) groups is 1. The monoisotopic (exact) mass is 324 g/mol. The second kappa shape index (κ2) is 6.30. The molecule has 1 aliphatic heterocycles. The Bertz CT molecular complexity index is 806. The van der Waals surface area contributed by atoms with Gasteiger partial charge in [0.1, 0.15) is 0 Å². The summed E-state index contributed by atoms with van der Waals surface area (Å²) in [5.41, 5.74) is 3.02. The van der Waals surface area contributed by atoms with Crippen LogP contribution in [-0.4, -0.2) is 27.2 Å². The number of rotatable bonds is 4. The van der Waals surface area contributed by atoms with Gasteiger partial charge in [-0.05, 0) is 48.5 Å².